The second-order valence-corrected chi connectivity index (χ2v) is 5.11. The number of nitrogens with one attached hydrogen (secondary N) is 2. The molecule has 1 aromatic heterocycles. The summed E-state index contributed by atoms with van der Waals surface area (Å²) in [5, 5.41) is 7.38. The molecule has 1 atom stereocenters. The van der Waals surface area contributed by atoms with E-state index in [1.807, 2.05) is 19.1 Å². The third-order valence-corrected chi connectivity index (χ3v) is 3.37. The molecule has 1 heterocycles. The van der Waals surface area contributed by atoms with Gasteiger partial charge in [-0.05, 0) is 31.9 Å². The van der Waals surface area contributed by atoms with Gasteiger partial charge in [0.05, 0.1) is 16.8 Å². The van der Waals surface area contributed by atoms with Crippen LogP contribution in [0, 0.1) is 0 Å². The summed E-state index contributed by atoms with van der Waals surface area (Å²) >= 11 is 6.14. The van der Waals surface area contributed by atoms with Crippen LogP contribution in [0.4, 0.5) is 5.82 Å². The van der Waals surface area contributed by atoms with Gasteiger partial charge < -0.3 is 15.4 Å². The molecular weight excluding hydrogens is 250 g/mol. The number of ether oxygens (including phenoxy) is 1. The molecule has 100 valence electrons. The van der Waals surface area contributed by atoms with Gasteiger partial charge in [0, 0.05) is 26.2 Å². The first-order valence-electron chi connectivity index (χ1n) is 6.34. The Morgan fingerprint density at radius 2 is 2.28 bits per heavy atom. The summed E-state index contributed by atoms with van der Waals surface area (Å²) in [7, 11) is 1.70. The monoisotopic (exact) mass is 269 g/mol. The smallest absolute Gasteiger partial charge is 0.126 e. The highest BCUT2D eigenvalue weighted by molar-refractivity contribution is 6.31. The minimum atomic E-state index is 0.163. The van der Waals surface area contributed by atoms with Crippen molar-refractivity contribution in [3.05, 3.63) is 22.8 Å². The molecule has 0 radical (unpaired) electrons. The van der Waals surface area contributed by atoms with Gasteiger partial charge in [-0.1, -0.05) is 11.6 Å². The summed E-state index contributed by atoms with van der Waals surface area (Å²) in [6.07, 6.45) is 2.69. The molecule has 1 aliphatic carbocycles. The van der Waals surface area contributed by atoms with Crippen LogP contribution in [-0.2, 0) is 11.3 Å². The fraction of sp³-hybridized carbons (Fsp3) is 0.615. The van der Waals surface area contributed by atoms with E-state index in [4.69, 9.17) is 16.3 Å². The summed E-state index contributed by atoms with van der Waals surface area (Å²) in [5.74, 6) is 0.843. The Balaban J connectivity index is 1.91. The topological polar surface area (TPSA) is 46.2 Å². The summed E-state index contributed by atoms with van der Waals surface area (Å²) in [6, 6.07) is 4.44. The largest absolute Gasteiger partial charge is 0.380 e. The van der Waals surface area contributed by atoms with Crippen LogP contribution in [0.25, 0.3) is 0 Å². The quantitative estimate of drug-likeness (QED) is 0.798. The van der Waals surface area contributed by atoms with E-state index in [0.717, 1.165) is 24.6 Å². The SMILES string of the molecule is COC(C)CNc1ccc(Cl)c(CNC2CC2)n1. The molecule has 18 heavy (non-hydrogen) atoms. The van der Waals surface area contributed by atoms with Crippen LogP contribution in [0.1, 0.15) is 25.5 Å². The molecule has 1 aromatic rings. The van der Waals surface area contributed by atoms with Gasteiger partial charge in [0.2, 0.25) is 0 Å². The van der Waals surface area contributed by atoms with Crippen molar-refractivity contribution < 1.29 is 4.74 Å². The number of halogens is 1. The Bertz CT molecular complexity index is 396. The predicted octanol–water partition coefficient (Wildman–Crippen LogP) is 2.43. The molecule has 0 amide bonds. The first-order valence-corrected chi connectivity index (χ1v) is 6.72. The molecule has 1 fully saturated rings. The fourth-order valence-electron chi connectivity index (χ4n) is 1.57. The fourth-order valence-corrected chi connectivity index (χ4v) is 1.74. The Labute approximate surface area is 113 Å². The van der Waals surface area contributed by atoms with Crippen molar-refractivity contribution >= 4 is 17.4 Å². The molecule has 2 rings (SSSR count). The lowest BCUT2D eigenvalue weighted by molar-refractivity contribution is 0.128. The summed E-state index contributed by atoms with van der Waals surface area (Å²) in [4.78, 5) is 4.52. The van der Waals surface area contributed by atoms with Crippen LogP contribution >= 0.6 is 11.6 Å². The van der Waals surface area contributed by atoms with Gasteiger partial charge in [-0.3, -0.25) is 0 Å². The van der Waals surface area contributed by atoms with Crippen molar-refractivity contribution in [2.24, 2.45) is 0 Å². The van der Waals surface area contributed by atoms with E-state index in [2.05, 4.69) is 15.6 Å². The van der Waals surface area contributed by atoms with Crippen LogP contribution in [0.3, 0.4) is 0 Å². The lowest BCUT2D eigenvalue weighted by atomic mass is 10.3. The van der Waals surface area contributed by atoms with Gasteiger partial charge in [0.25, 0.3) is 0 Å². The van der Waals surface area contributed by atoms with Crippen molar-refractivity contribution in [1.82, 2.24) is 10.3 Å². The molecule has 0 aliphatic heterocycles. The molecular formula is C13H20ClN3O. The molecule has 0 aromatic carbocycles. The zero-order valence-electron chi connectivity index (χ0n) is 10.9. The second kappa shape index (κ2) is 6.36. The third-order valence-electron chi connectivity index (χ3n) is 3.03. The van der Waals surface area contributed by atoms with Crippen molar-refractivity contribution in [1.29, 1.82) is 0 Å². The average Bonchev–Trinajstić information content (AvgIpc) is 3.19. The number of rotatable bonds is 7. The van der Waals surface area contributed by atoms with Gasteiger partial charge in [-0.25, -0.2) is 4.98 Å². The summed E-state index contributed by atoms with van der Waals surface area (Å²) in [5.41, 5.74) is 0.902. The molecule has 4 nitrogen and oxygen atoms in total. The first-order chi connectivity index (χ1) is 8.69. The molecule has 0 spiro atoms. The van der Waals surface area contributed by atoms with Crippen molar-refractivity contribution in [3.63, 3.8) is 0 Å². The van der Waals surface area contributed by atoms with E-state index in [1.165, 1.54) is 12.8 Å². The van der Waals surface area contributed by atoms with Crippen molar-refractivity contribution in [3.8, 4) is 0 Å². The lowest BCUT2D eigenvalue weighted by Gasteiger charge is -2.13. The van der Waals surface area contributed by atoms with Crippen molar-refractivity contribution in [2.45, 2.75) is 38.5 Å². The van der Waals surface area contributed by atoms with E-state index in [1.54, 1.807) is 7.11 Å². The number of methoxy groups -OCH3 is 1. The number of nitrogens with zero attached hydrogens (tertiary/aromatic N) is 1. The van der Waals surface area contributed by atoms with Gasteiger partial charge >= 0.3 is 0 Å². The number of anilines is 1. The van der Waals surface area contributed by atoms with Crippen molar-refractivity contribution in [2.75, 3.05) is 19.0 Å². The highest BCUT2D eigenvalue weighted by atomic mass is 35.5. The zero-order chi connectivity index (χ0) is 13.0. The Morgan fingerprint density at radius 3 is 2.94 bits per heavy atom. The van der Waals surface area contributed by atoms with E-state index in [0.29, 0.717) is 11.1 Å². The molecule has 1 aliphatic rings. The standard InChI is InChI=1S/C13H20ClN3O/c1-9(18-2)7-16-13-6-5-11(14)12(17-13)8-15-10-3-4-10/h5-6,9-10,15H,3-4,7-8H2,1-2H3,(H,16,17). The third kappa shape index (κ3) is 4.12. The Kier molecular flexibility index (Phi) is 4.80. The zero-order valence-corrected chi connectivity index (χ0v) is 11.6. The maximum absolute atomic E-state index is 6.14. The highest BCUT2D eigenvalue weighted by Gasteiger charge is 2.20. The molecule has 5 heteroatoms. The maximum Gasteiger partial charge on any atom is 0.126 e. The number of pyridine rings is 1. The van der Waals surface area contributed by atoms with Crippen LogP contribution in [-0.4, -0.2) is 30.8 Å². The molecule has 0 saturated heterocycles. The second-order valence-electron chi connectivity index (χ2n) is 4.71. The van der Waals surface area contributed by atoms with Gasteiger partial charge in [-0.2, -0.15) is 0 Å². The van der Waals surface area contributed by atoms with Crippen LogP contribution < -0.4 is 10.6 Å². The number of hydrogen-bond donors (Lipinski definition) is 2. The molecule has 0 bridgehead atoms. The van der Waals surface area contributed by atoms with E-state index < -0.39 is 0 Å². The maximum atomic E-state index is 6.14. The highest BCUT2D eigenvalue weighted by Crippen LogP contribution is 2.21. The minimum absolute atomic E-state index is 0.163. The first kappa shape index (κ1) is 13.6. The van der Waals surface area contributed by atoms with Gasteiger partial charge in [0.15, 0.2) is 0 Å². The molecule has 1 unspecified atom stereocenters. The van der Waals surface area contributed by atoms with Crippen LogP contribution in [0.5, 0.6) is 0 Å². The van der Waals surface area contributed by atoms with E-state index >= 15 is 0 Å². The predicted molar refractivity (Wildman–Crippen MR) is 74.1 cm³/mol. The molecule has 2 N–H and O–H groups in total. The van der Waals surface area contributed by atoms with E-state index in [-0.39, 0.29) is 6.10 Å². The Hall–Kier alpha value is -0.840. The number of aromatic nitrogens is 1. The van der Waals surface area contributed by atoms with Crippen LogP contribution in [0.15, 0.2) is 12.1 Å². The summed E-state index contributed by atoms with van der Waals surface area (Å²) in [6.45, 7) is 3.48. The van der Waals surface area contributed by atoms with Crippen LogP contribution in [0.2, 0.25) is 5.02 Å². The average molecular weight is 270 g/mol. The van der Waals surface area contributed by atoms with Gasteiger partial charge in [-0.15, -0.1) is 0 Å². The lowest BCUT2D eigenvalue weighted by Crippen LogP contribution is -2.20. The van der Waals surface area contributed by atoms with Gasteiger partial charge in [0.1, 0.15) is 5.82 Å². The molecule has 1 saturated carbocycles. The minimum Gasteiger partial charge on any atom is -0.380 e. The Morgan fingerprint density at radius 1 is 1.50 bits per heavy atom. The number of hydrogen-bond acceptors (Lipinski definition) is 4. The normalized spacial score (nSPS) is 16.6. The van der Waals surface area contributed by atoms with E-state index in [9.17, 15) is 0 Å². The summed E-state index contributed by atoms with van der Waals surface area (Å²) < 4.78 is 5.18.